The number of carboxylic acid groups (broad SMARTS) is 1. The lowest BCUT2D eigenvalue weighted by Gasteiger charge is -2.02. The fourth-order valence-electron chi connectivity index (χ4n) is 1.64. The fraction of sp³-hybridized carbons (Fsp3) is 0.154. The molecule has 0 aliphatic carbocycles. The smallest absolute Gasteiger partial charge is 0.339 e. The summed E-state index contributed by atoms with van der Waals surface area (Å²) in [4.78, 5) is 26.0. The lowest BCUT2D eigenvalue weighted by molar-refractivity contribution is 0.0694. The van der Waals surface area contributed by atoms with Gasteiger partial charge in [-0.05, 0) is 25.1 Å². The van der Waals surface area contributed by atoms with Crippen LogP contribution in [0.1, 0.15) is 32.4 Å². The molecule has 0 saturated carbocycles. The normalized spacial score (nSPS) is 10.3. The second-order valence-corrected chi connectivity index (χ2v) is 4.02. The Morgan fingerprint density at radius 2 is 2.20 bits per heavy atom. The molecule has 0 bridgehead atoms. The third-order valence-electron chi connectivity index (χ3n) is 2.57. The SMILES string of the molecule is Cc1oc(CNC(=O)c2cccc(F)n2)cc1C(=O)O. The Morgan fingerprint density at radius 1 is 1.45 bits per heavy atom. The van der Waals surface area contributed by atoms with Crippen molar-refractivity contribution < 1.29 is 23.5 Å². The Bertz CT molecular complexity index is 666. The number of aromatic carboxylic acids is 1. The number of halogens is 1. The quantitative estimate of drug-likeness (QED) is 0.831. The van der Waals surface area contributed by atoms with Crippen LogP contribution in [0.25, 0.3) is 0 Å². The van der Waals surface area contributed by atoms with Gasteiger partial charge < -0.3 is 14.8 Å². The molecule has 2 aromatic rings. The fourth-order valence-corrected chi connectivity index (χ4v) is 1.64. The number of nitrogens with zero attached hydrogens (tertiary/aromatic N) is 1. The van der Waals surface area contributed by atoms with Gasteiger partial charge in [0, 0.05) is 0 Å². The standard InChI is InChI=1S/C13H11FN2O4/c1-7-9(13(18)19)5-8(20-7)6-15-12(17)10-3-2-4-11(14)16-10/h2-5H,6H2,1H3,(H,15,17)(H,18,19). The number of aromatic nitrogens is 1. The number of pyridine rings is 1. The highest BCUT2D eigenvalue weighted by atomic mass is 19.1. The number of carbonyl (C=O) groups excluding carboxylic acids is 1. The molecule has 104 valence electrons. The first-order valence-electron chi connectivity index (χ1n) is 5.70. The molecular weight excluding hydrogens is 267 g/mol. The number of furan rings is 1. The monoisotopic (exact) mass is 278 g/mol. The Labute approximate surface area is 113 Å². The van der Waals surface area contributed by atoms with Gasteiger partial charge in [0.25, 0.3) is 5.91 Å². The molecule has 2 heterocycles. The maximum absolute atomic E-state index is 12.9. The minimum absolute atomic E-state index is 0.00878. The molecule has 0 atom stereocenters. The van der Waals surface area contributed by atoms with E-state index in [1.165, 1.54) is 25.1 Å². The first-order valence-corrected chi connectivity index (χ1v) is 5.70. The third kappa shape index (κ3) is 3.00. The van der Waals surface area contributed by atoms with E-state index < -0.39 is 17.8 Å². The van der Waals surface area contributed by atoms with Crippen LogP contribution < -0.4 is 5.32 Å². The highest BCUT2D eigenvalue weighted by Gasteiger charge is 2.15. The van der Waals surface area contributed by atoms with Gasteiger partial charge in [-0.3, -0.25) is 4.79 Å². The lowest BCUT2D eigenvalue weighted by Crippen LogP contribution is -2.23. The molecule has 0 radical (unpaired) electrons. The molecule has 7 heteroatoms. The third-order valence-corrected chi connectivity index (χ3v) is 2.57. The number of amides is 1. The van der Waals surface area contributed by atoms with Gasteiger partial charge in [0.15, 0.2) is 0 Å². The molecule has 0 aliphatic rings. The molecule has 0 spiro atoms. The van der Waals surface area contributed by atoms with E-state index in [-0.39, 0.29) is 23.6 Å². The number of carboxylic acids is 1. The zero-order valence-corrected chi connectivity index (χ0v) is 10.5. The van der Waals surface area contributed by atoms with E-state index in [9.17, 15) is 14.0 Å². The molecule has 0 unspecified atom stereocenters. The van der Waals surface area contributed by atoms with Crippen LogP contribution in [0.15, 0.2) is 28.7 Å². The van der Waals surface area contributed by atoms with E-state index in [1.807, 2.05) is 0 Å². The van der Waals surface area contributed by atoms with Crippen molar-refractivity contribution in [3.05, 3.63) is 53.0 Å². The summed E-state index contributed by atoms with van der Waals surface area (Å²) in [6.45, 7) is 1.51. The molecule has 2 aromatic heterocycles. The molecule has 6 nitrogen and oxygen atoms in total. The summed E-state index contributed by atoms with van der Waals surface area (Å²) >= 11 is 0. The number of hydrogen-bond donors (Lipinski definition) is 2. The lowest BCUT2D eigenvalue weighted by atomic mass is 10.2. The van der Waals surface area contributed by atoms with Crippen LogP contribution >= 0.6 is 0 Å². The van der Waals surface area contributed by atoms with Gasteiger partial charge in [0.05, 0.1) is 6.54 Å². The number of carbonyl (C=O) groups is 2. The minimum Gasteiger partial charge on any atom is -0.478 e. The van der Waals surface area contributed by atoms with Gasteiger partial charge in [-0.2, -0.15) is 4.39 Å². The van der Waals surface area contributed by atoms with Gasteiger partial charge in [-0.25, -0.2) is 9.78 Å². The van der Waals surface area contributed by atoms with E-state index in [0.717, 1.165) is 6.07 Å². The van der Waals surface area contributed by atoms with Crippen LogP contribution in [0.4, 0.5) is 4.39 Å². The van der Waals surface area contributed by atoms with Gasteiger partial charge in [-0.1, -0.05) is 6.07 Å². The van der Waals surface area contributed by atoms with E-state index in [4.69, 9.17) is 9.52 Å². The maximum atomic E-state index is 12.9. The molecular formula is C13H11FN2O4. The Balaban J connectivity index is 2.04. The predicted molar refractivity (Wildman–Crippen MR) is 65.8 cm³/mol. The van der Waals surface area contributed by atoms with Crippen molar-refractivity contribution in [3.8, 4) is 0 Å². The van der Waals surface area contributed by atoms with Crippen molar-refractivity contribution in [1.29, 1.82) is 0 Å². The molecule has 2 N–H and O–H groups in total. The predicted octanol–water partition coefficient (Wildman–Crippen LogP) is 1.75. The van der Waals surface area contributed by atoms with E-state index in [2.05, 4.69) is 10.3 Å². The van der Waals surface area contributed by atoms with Crippen molar-refractivity contribution in [2.45, 2.75) is 13.5 Å². The first-order chi connectivity index (χ1) is 9.47. The Hall–Kier alpha value is -2.70. The van der Waals surface area contributed by atoms with Crippen LogP contribution in [0.5, 0.6) is 0 Å². The van der Waals surface area contributed by atoms with Gasteiger partial charge in [0.1, 0.15) is 22.8 Å². The van der Waals surface area contributed by atoms with Crippen LogP contribution in [-0.2, 0) is 6.54 Å². The molecule has 0 fully saturated rings. The number of rotatable bonds is 4. The van der Waals surface area contributed by atoms with Crippen LogP contribution in [0.2, 0.25) is 0 Å². The average molecular weight is 278 g/mol. The van der Waals surface area contributed by atoms with Crippen LogP contribution in [0, 0.1) is 12.9 Å². The molecule has 0 saturated heterocycles. The second-order valence-electron chi connectivity index (χ2n) is 4.02. The zero-order valence-electron chi connectivity index (χ0n) is 10.5. The minimum atomic E-state index is -1.10. The van der Waals surface area contributed by atoms with Crippen LogP contribution in [0.3, 0.4) is 0 Å². The summed E-state index contributed by atoms with van der Waals surface area (Å²) in [6, 6.07) is 5.20. The van der Waals surface area contributed by atoms with Gasteiger partial charge in [-0.15, -0.1) is 0 Å². The van der Waals surface area contributed by atoms with Crippen molar-refractivity contribution in [2.75, 3.05) is 0 Å². The molecule has 1 amide bonds. The summed E-state index contributed by atoms with van der Waals surface area (Å²) in [5.41, 5.74) is -0.0233. The second kappa shape index (κ2) is 5.52. The maximum Gasteiger partial charge on any atom is 0.339 e. The Kier molecular flexibility index (Phi) is 3.79. The largest absolute Gasteiger partial charge is 0.478 e. The number of nitrogens with one attached hydrogen (secondary N) is 1. The van der Waals surface area contributed by atoms with E-state index in [0.29, 0.717) is 5.76 Å². The van der Waals surface area contributed by atoms with Crippen molar-refractivity contribution in [3.63, 3.8) is 0 Å². The Morgan fingerprint density at radius 3 is 2.80 bits per heavy atom. The van der Waals surface area contributed by atoms with Crippen molar-refractivity contribution in [1.82, 2.24) is 10.3 Å². The summed E-state index contributed by atoms with van der Waals surface area (Å²) in [5.74, 6) is -1.87. The van der Waals surface area contributed by atoms with E-state index >= 15 is 0 Å². The van der Waals surface area contributed by atoms with Gasteiger partial charge >= 0.3 is 5.97 Å². The molecule has 0 aliphatic heterocycles. The van der Waals surface area contributed by atoms with Crippen molar-refractivity contribution in [2.24, 2.45) is 0 Å². The zero-order chi connectivity index (χ0) is 14.7. The topological polar surface area (TPSA) is 92.4 Å². The first kappa shape index (κ1) is 13.7. The number of hydrogen-bond acceptors (Lipinski definition) is 4. The highest BCUT2D eigenvalue weighted by Crippen LogP contribution is 2.14. The molecule has 20 heavy (non-hydrogen) atoms. The highest BCUT2D eigenvalue weighted by molar-refractivity contribution is 5.92. The molecule has 0 aromatic carbocycles. The summed E-state index contributed by atoms with van der Waals surface area (Å²) in [7, 11) is 0. The molecule has 2 rings (SSSR count). The summed E-state index contributed by atoms with van der Waals surface area (Å²) in [6.07, 6.45) is 0. The average Bonchev–Trinajstić information content (AvgIpc) is 2.77. The summed E-state index contributed by atoms with van der Waals surface area (Å²) < 4.78 is 18.1. The van der Waals surface area contributed by atoms with Crippen molar-refractivity contribution >= 4 is 11.9 Å². The summed E-state index contributed by atoms with van der Waals surface area (Å²) in [5, 5.41) is 11.3. The van der Waals surface area contributed by atoms with E-state index in [1.54, 1.807) is 0 Å². The number of aryl methyl sites for hydroxylation is 1. The van der Waals surface area contributed by atoms with Gasteiger partial charge in [0.2, 0.25) is 5.95 Å². The van der Waals surface area contributed by atoms with Crippen LogP contribution in [-0.4, -0.2) is 22.0 Å².